The number of para-hydroxylation sites is 1. The Bertz CT molecular complexity index is 647. The van der Waals surface area contributed by atoms with Crippen molar-refractivity contribution in [1.29, 1.82) is 0 Å². The number of nitrogens with zero attached hydrogens (tertiary/aromatic N) is 1. The average Bonchev–Trinajstić information content (AvgIpc) is 2.74. The molecule has 0 unspecified atom stereocenters. The van der Waals surface area contributed by atoms with E-state index < -0.39 is 0 Å². The van der Waals surface area contributed by atoms with Crippen LogP contribution in [-0.4, -0.2) is 43.0 Å². The number of hydrogen-bond donors (Lipinski definition) is 1. The molecular weight excluding hydrogens is 352 g/mol. The van der Waals surface area contributed by atoms with Crippen molar-refractivity contribution in [3.8, 4) is 5.75 Å². The molecule has 0 atom stereocenters. The fourth-order valence-electron chi connectivity index (χ4n) is 4.51. The molecule has 2 aliphatic rings. The number of amides is 2. The van der Waals surface area contributed by atoms with Crippen LogP contribution in [0.25, 0.3) is 0 Å². The van der Waals surface area contributed by atoms with Crippen molar-refractivity contribution in [3.05, 3.63) is 29.8 Å². The molecule has 1 N–H and O–H groups in total. The van der Waals surface area contributed by atoms with Gasteiger partial charge >= 0.3 is 0 Å². The second-order valence-corrected chi connectivity index (χ2v) is 8.25. The summed E-state index contributed by atoms with van der Waals surface area (Å²) in [6.45, 7) is 1.42. The zero-order valence-electron chi connectivity index (χ0n) is 17.1. The number of piperidine rings is 1. The van der Waals surface area contributed by atoms with Gasteiger partial charge in [-0.1, -0.05) is 50.3 Å². The highest BCUT2D eigenvalue weighted by Crippen LogP contribution is 2.27. The first kappa shape index (κ1) is 20.7. The Morgan fingerprint density at radius 2 is 1.79 bits per heavy atom. The number of likely N-dealkylation sites (tertiary alicyclic amines) is 1. The van der Waals surface area contributed by atoms with Crippen LogP contribution in [0.2, 0.25) is 0 Å². The van der Waals surface area contributed by atoms with Crippen LogP contribution in [0.5, 0.6) is 5.75 Å². The van der Waals surface area contributed by atoms with E-state index in [0.29, 0.717) is 25.9 Å². The Kier molecular flexibility index (Phi) is 7.75. The Hall–Kier alpha value is -2.04. The monoisotopic (exact) mass is 386 g/mol. The number of rotatable bonds is 7. The fourth-order valence-corrected chi connectivity index (χ4v) is 4.51. The predicted molar refractivity (Wildman–Crippen MR) is 110 cm³/mol. The molecule has 0 bridgehead atoms. The highest BCUT2D eigenvalue weighted by atomic mass is 16.5. The molecule has 1 aromatic rings. The molecule has 5 heteroatoms. The van der Waals surface area contributed by atoms with Crippen molar-refractivity contribution in [3.63, 3.8) is 0 Å². The van der Waals surface area contributed by atoms with Gasteiger partial charge in [0.2, 0.25) is 11.8 Å². The molecule has 1 aromatic carbocycles. The van der Waals surface area contributed by atoms with Gasteiger partial charge in [-0.3, -0.25) is 9.59 Å². The van der Waals surface area contributed by atoms with E-state index in [0.717, 1.165) is 36.5 Å². The lowest BCUT2D eigenvalue weighted by Crippen LogP contribution is -2.47. The second kappa shape index (κ2) is 10.5. The van der Waals surface area contributed by atoms with Crippen LogP contribution < -0.4 is 10.1 Å². The van der Waals surface area contributed by atoms with Gasteiger partial charge in [0.1, 0.15) is 5.75 Å². The zero-order chi connectivity index (χ0) is 19.8. The highest BCUT2D eigenvalue weighted by molar-refractivity contribution is 5.80. The minimum Gasteiger partial charge on any atom is -0.496 e. The highest BCUT2D eigenvalue weighted by Gasteiger charge is 2.24. The van der Waals surface area contributed by atoms with Crippen LogP contribution in [0.1, 0.15) is 63.4 Å². The predicted octanol–water partition coefficient (Wildman–Crippen LogP) is 3.71. The summed E-state index contributed by atoms with van der Waals surface area (Å²) in [7, 11) is 1.63. The van der Waals surface area contributed by atoms with Gasteiger partial charge in [-0.05, 0) is 31.2 Å². The quantitative estimate of drug-likeness (QED) is 0.777. The molecule has 28 heavy (non-hydrogen) atoms. The molecule has 0 radical (unpaired) electrons. The van der Waals surface area contributed by atoms with Gasteiger partial charge in [-0.2, -0.15) is 0 Å². The summed E-state index contributed by atoms with van der Waals surface area (Å²) < 4.78 is 5.34. The van der Waals surface area contributed by atoms with Crippen LogP contribution in [0.15, 0.2) is 24.3 Å². The van der Waals surface area contributed by atoms with E-state index in [-0.39, 0.29) is 17.9 Å². The lowest BCUT2D eigenvalue weighted by atomic mass is 9.86. The van der Waals surface area contributed by atoms with Crippen LogP contribution >= 0.6 is 0 Å². The molecule has 3 rings (SSSR count). The van der Waals surface area contributed by atoms with E-state index in [1.165, 1.54) is 32.1 Å². The molecule has 1 aliphatic carbocycles. The number of carbonyl (C=O) groups is 2. The van der Waals surface area contributed by atoms with Crippen LogP contribution in [0, 0.1) is 5.92 Å². The topological polar surface area (TPSA) is 58.6 Å². The van der Waals surface area contributed by atoms with E-state index in [1.807, 2.05) is 29.2 Å². The van der Waals surface area contributed by atoms with Gasteiger partial charge in [-0.25, -0.2) is 0 Å². The zero-order valence-corrected chi connectivity index (χ0v) is 17.1. The number of hydrogen-bond acceptors (Lipinski definition) is 3. The molecule has 1 heterocycles. The summed E-state index contributed by atoms with van der Waals surface area (Å²) in [5.41, 5.74) is 0.924. The summed E-state index contributed by atoms with van der Waals surface area (Å²) >= 11 is 0. The van der Waals surface area contributed by atoms with Crippen molar-refractivity contribution in [1.82, 2.24) is 10.2 Å². The summed E-state index contributed by atoms with van der Waals surface area (Å²) in [5.74, 6) is 1.82. The lowest BCUT2D eigenvalue weighted by molar-refractivity contribution is -0.131. The van der Waals surface area contributed by atoms with Gasteiger partial charge < -0.3 is 15.0 Å². The van der Waals surface area contributed by atoms with E-state index >= 15 is 0 Å². The van der Waals surface area contributed by atoms with Crippen molar-refractivity contribution in [2.45, 2.75) is 70.3 Å². The minimum absolute atomic E-state index is 0.131. The van der Waals surface area contributed by atoms with Crippen LogP contribution in [0.3, 0.4) is 0 Å². The number of nitrogens with one attached hydrogen (secondary N) is 1. The molecule has 1 saturated carbocycles. The molecule has 0 aromatic heterocycles. The summed E-state index contributed by atoms with van der Waals surface area (Å²) in [6.07, 6.45) is 10.3. The Morgan fingerprint density at radius 3 is 2.50 bits per heavy atom. The third-order valence-electron chi connectivity index (χ3n) is 6.25. The standard InChI is InChI=1S/C23H34N2O3/c1-28-21-10-6-5-9-19(21)17-23(27)25-15-13-20(14-16-25)24-22(26)12-11-18-7-3-2-4-8-18/h5-6,9-10,18,20H,2-4,7-8,11-17H2,1H3,(H,24,26). The van der Waals surface area contributed by atoms with Gasteiger partial charge in [-0.15, -0.1) is 0 Å². The summed E-state index contributed by atoms with van der Waals surface area (Å²) in [6, 6.07) is 7.87. The molecule has 1 saturated heterocycles. The molecule has 2 fully saturated rings. The Morgan fingerprint density at radius 1 is 1.07 bits per heavy atom. The third-order valence-corrected chi connectivity index (χ3v) is 6.25. The van der Waals surface area contributed by atoms with E-state index in [4.69, 9.17) is 4.74 Å². The van der Waals surface area contributed by atoms with Crippen molar-refractivity contribution in [2.75, 3.05) is 20.2 Å². The molecule has 5 nitrogen and oxygen atoms in total. The summed E-state index contributed by atoms with van der Waals surface area (Å²) in [5, 5.41) is 3.19. The van der Waals surface area contributed by atoms with Gasteiger partial charge in [0.05, 0.1) is 13.5 Å². The van der Waals surface area contributed by atoms with E-state index in [2.05, 4.69) is 5.32 Å². The smallest absolute Gasteiger partial charge is 0.227 e. The first-order valence-corrected chi connectivity index (χ1v) is 10.8. The van der Waals surface area contributed by atoms with Gasteiger partial charge in [0.15, 0.2) is 0 Å². The SMILES string of the molecule is COc1ccccc1CC(=O)N1CCC(NC(=O)CCC2CCCCC2)CC1. The maximum Gasteiger partial charge on any atom is 0.227 e. The van der Waals surface area contributed by atoms with E-state index in [1.54, 1.807) is 7.11 Å². The van der Waals surface area contributed by atoms with Crippen molar-refractivity contribution in [2.24, 2.45) is 5.92 Å². The number of methoxy groups -OCH3 is 1. The first-order chi connectivity index (χ1) is 13.7. The Balaban J connectivity index is 1.37. The number of carbonyl (C=O) groups excluding carboxylic acids is 2. The number of benzene rings is 1. The average molecular weight is 387 g/mol. The van der Waals surface area contributed by atoms with Crippen molar-refractivity contribution >= 4 is 11.8 Å². The van der Waals surface area contributed by atoms with E-state index in [9.17, 15) is 9.59 Å². The van der Waals surface area contributed by atoms with Gasteiger partial charge in [0, 0.05) is 31.1 Å². The first-order valence-electron chi connectivity index (χ1n) is 10.8. The molecule has 154 valence electrons. The minimum atomic E-state index is 0.131. The molecule has 1 aliphatic heterocycles. The molecular formula is C23H34N2O3. The van der Waals surface area contributed by atoms with Gasteiger partial charge in [0.25, 0.3) is 0 Å². The maximum absolute atomic E-state index is 12.6. The summed E-state index contributed by atoms with van der Waals surface area (Å²) in [4.78, 5) is 26.8. The van der Waals surface area contributed by atoms with Crippen molar-refractivity contribution < 1.29 is 14.3 Å². The second-order valence-electron chi connectivity index (χ2n) is 8.25. The molecule has 2 amide bonds. The normalized spacial score (nSPS) is 18.7. The van der Waals surface area contributed by atoms with Crippen LogP contribution in [0.4, 0.5) is 0 Å². The largest absolute Gasteiger partial charge is 0.496 e. The maximum atomic E-state index is 12.6. The fraction of sp³-hybridized carbons (Fsp3) is 0.652. The third kappa shape index (κ3) is 5.98. The number of ether oxygens (including phenoxy) is 1. The lowest BCUT2D eigenvalue weighted by Gasteiger charge is -2.32. The molecule has 0 spiro atoms. The Labute approximate surface area is 168 Å². The van der Waals surface area contributed by atoms with Crippen LogP contribution in [-0.2, 0) is 16.0 Å².